The molecule has 20 heavy (non-hydrogen) atoms. The van der Waals surface area contributed by atoms with Gasteiger partial charge in [-0.15, -0.1) is 0 Å². The highest BCUT2D eigenvalue weighted by Crippen LogP contribution is 2.23. The Morgan fingerprint density at radius 1 is 1.15 bits per heavy atom. The zero-order valence-electron chi connectivity index (χ0n) is 12.0. The van der Waals surface area contributed by atoms with Gasteiger partial charge < -0.3 is 9.84 Å². The first-order valence-corrected chi connectivity index (χ1v) is 6.64. The Kier molecular flexibility index (Phi) is 4.40. The highest BCUT2D eigenvalue weighted by molar-refractivity contribution is 5.34. The van der Waals surface area contributed by atoms with Crippen molar-refractivity contribution in [2.45, 2.75) is 33.5 Å². The number of benzene rings is 2. The van der Waals surface area contributed by atoms with Crippen LogP contribution in [0.5, 0.6) is 5.75 Å². The van der Waals surface area contributed by atoms with Crippen LogP contribution in [0.2, 0.25) is 0 Å². The first-order chi connectivity index (χ1) is 9.49. The van der Waals surface area contributed by atoms with Gasteiger partial charge in [0.15, 0.2) is 0 Å². The Balaban J connectivity index is 2.14. The molecular formula is C17H19FO2. The molecule has 0 radical (unpaired) electrons. The third kappa shape index (κ3) is 3.17. The molecule has 106 valence electrons. The van der Waals surface area contributed by atoms with E-state index >= 15 is 0 Å². The van der Waals surface area contributed by atoms with Gasteiger partial charge in [-0.25, -0.2) is 4.39 Å². The van der Waals surface area contributed by atoms with Crippen LogP contribution in [-0.4, -0.2) is 5.11 Å². The van der Waals surface area contributed by atoms with Crippen LogP contribution in [0.25, 0.3) is 0 Å². The Bertz CT molecular complexity index is 586. The summed E-state index contributed by atoms with van der Waals surface area (Å²) in [4.78, 5) is 0. The first-order valence-electron chi connectivity index (χ1n) is 6.64. The lowest BCUT2D eigenvalue weighted by atomic mass is 10.0. The number of aliphatic hydroxyl groups excluding tert-OH is 1. The van der Waals surface area contributed by atoms with Gasteiger partial charge in [-0.05, 0) is 49.6 Å². The molecule has 0 amide bonds. The third-order valence-corrected chi connectivity index (χ3v) is 3.45. The summed E-state index contributed by atoms with van der Waals surface area (Å²) in [6.45, 7) is 6.01. The van der Waals surface area contributed by atoms with Crippen molar-refractivity contribution in [2.75, 3.05) is 0 Å². The molecule has 0 saturated carbocycles. The molecule has 0 aromatic heterocycles. The van der Waals surface area contributed by atoms with Crippen LogP contribution in [0.4, 0.5) is 4.39 Å². The van der Waals surface area contributed by atoms with Gasteiger partial charge >= 0.3 is 0 Å². The summed E-state index contributed by atoms with van der Waals surface area (Å²) in [5, 5.41) is 9.40. The maximum atomic E-state index is 13.7. The molecular weight excluding hydrogens is 255 g/mol. The molecule has 2 aromatic rings. The Morgan fingerprint density at radius 2 is 1.80 bits per heavy atom. The molecule has 0 aliphatic carbocycles. The van der Waals surface area contributed by atoms with Crippen LogP contribution in [0.1, 0.15) is 35.3 Å². The minimum absolute atomic E-state index is 0.282. The molecule has 1 N–H and O–H groups in total. The quantitative estimate of drug-likeness (QED) is 0.910. The van der Waals surface area contributed by atoms with Gasteiger partial charge in [-0.3, -0.25) is 0 Å². The molecule has 2 rings (SSSR count). The number of ether oxygens (including phenoxy) is 1. The lowest BCUT2D eigenvalue weighted by Gasteiger charge is -2.13. The maximum Gasteiger partial charge on any atom is 0.132 e. The lowest BCUT2D eigenvalue weighted by Crippen LogP contribution is -2.02. The number of aryl methyl sites for hydroxylation is 2. The minimum Gasteiger partial charge on any atom is -0.489 e. The molecule has 0 fully saturated rings. The summed E-state index contributed by atoms with van der Waals surface area (Å²) < 4.78 is 19.4. The summed E-state index contributed by atoms with van der Waals surface area (Å²) >= 11 is 0. The van der Waals surface area contributed by atoms with E-state index in [2.05, 4.69) is 0 Å². The van der Waals surface area contributed by atoms with Gasteiger partial charge in [-0.1, -0.05) is 18.2 Å². The molecule has 1 atom stereocenters. The van der Waals surface area contributed by atoms with Crippen LogP contribution in [0.15, 0.2) is 36.4 Å². The smallest absolute Gasteiger partial charge is 0.132 e. The SMILES string of the molecule is Cc1cccc(C)c1COc1ccc([C@@H](C)O)c(F)c1. The van der Waals surface area contributed by atoms with Crippen LogP contribution >= 0.6 is 0 Å². The van der Waals surface area contributed by atoms with Crippen molar-refractivity contribution in [1.29, 1.82) is 0 Å². The monoisotopic (exact) mass is 274 g/mol. The van der Waals surface area contributed by atoms with Crippen molar-refractivity contribution in [3.63, 3.8) is 0 Å². The summed E-state index contributed by atoms with van der Waals surface area (Å²) in [5.41, 5.74) is 3.72. The standard InChI is InChI=1S/C17H19FO2/c1-11-5-4-6-12(2)16(11)10-20-14-7-8-15(13(3)19)17(18)9-14/h4-9,13,19H,10H2,1-3H3/t13-/m1/s1. The number of hydrogen-bond donors (Lipinski definition) is 1. The fourth-order valence-corrected chi connectivity index (χ4v) is 2.17. The van der Waals surface area contributed by atoms with Crippen LogP contribution < -0.4 is 4.74 Å². The van der Waals surface area contributed by atoms with Gasteiger partial charge in [-0.2, -0.15) is 0 Å². The fraction of sp³-hybridized carbons (Fsp3) is 0.294. The van der Waals surface area contributed by atoms with E-state index in [1.165, 1.54) is 13.0 Å². The zero-order chi connectivity index (χ0) is 14.7. The molecule has 0 unspecified atom stereocenters. The Labute approximate surface area is 118 Å². The van der Waals surface area contributed by atoms with Gasteiger partial charge in [0.05, 0.1) is 6.10 Å². The molecule has 0 aliphatic heterocycles. The normalized spacial score (nSPS) is 12.2. The van der Waals surface area contributed by atoms with Gasteiger partial charge in [0, 0.05) is 11.6 Å². The summed E-state index contributed by atoms with van der Waals surface area (Å²) in [6.07, 6.45) is -0.817. The maximum absolute atomic E-state index is 13.7. The van der Waals surface area contributed by atoms with Crippen molar-refractivity contribution in [2.24, 2.45) is 0 Å². The second kappa shape index (κ2) is 6.06. The summed E-state index contributed by atoms with van der Waals surface area (Å²) in [5.74, 6) is 0.0218. The van der Waals surface area contributed by atoms with Crippen LogP contribution in [0, 0.1) is 19.7 Å². The van der Waals surface area contributed by atoms with Crippen LogP contribution in [0.3, 0.4) is 0 Å². The van der Waals surface area contributed by atoms with E-state index in [1.807, 2.05) is 32.0 Å². The number of halogens is 1. The second-order valence-electron chi connectivity index (χ2n) is 5.02. The van der Waals surface area contributed by atoms with E-state index in [0.29, 0.717) is 12.4 Å². The first kappa shape index (κ1) is 14.5. The van der Waals surface area contributed by atoms with Gasteiger partial charge in [0.25, 0.3) is 0 Å². The third-order valence-electron chi connectivity index (χ3n) is 3.45. The molecule has 0 bridgehead atoms. The number of aliphatic hydroxyl groups is 1. The van der Waals surface area contributed by atoms with Crippen molar-refractivity contribution in [1.82, 2.24) is 0 Å². The van der Waals surface area contributed by atoms with E-state index in [9.17, 15) is 9.50 Å². The van der Waals surface area contributed by atoms with E-state index in [-0.39, 0.29) is 5.56 Å². The average molecular weight is 274 g/mol. The molecule has 2 nitrogen and oxygen atoms in total. The topological polar surface area (TPSA) is 29.5 Å². The molecule has 2 aromatic carbocycles. The highest BCUT2D eigenvalue weighted by Gasteiger charge is 2.10. The van der Waals surface area contributed by atoms with Gasteiger partial charge in [0.2, 0.25) is 0 Å². The molecule has 0 heterocycles. The Hall–Kier alpha value is -1.87. The molecule has 0 saturated heterocycles. The minimum atomic E-state index is -0.817. The fourth-order valence-electron chi connectivity index (χ4n) is 2.17. The van der Waals surface area contributed by atoms with E-state index in [0.717, 1.165) is 16.7 Å². The highest BCUT2D eigenvalue weighted by atomic mass is 19.1. The molecule has 0 aliphatic rings. The van der Waals surface area contributed by atoms with Crippen molar-refractivity contribution in [3.05, 3.63) is 64.5 Å². The van der Waals surface area contributed by atoms with E-state index in [1.54, 1.807) is 12.1 Å². The largest absolute Gasteiger partial charge is 0.489 e. The van der Waals surface area contributed by atoms with Crippen molar-refractivity contribution < 1.29 is 14.2 Å². The second-order valence-corrected chi connectivity index (χ2v) is 5.02. The van der Waals surface area contributed by atoms with E-state index in [4.69, 9.17) is 4.74 Å². The predicted molar refractivity (Wildman–Crippen MR) is 77.3 cm³/mol. The molecule has 0 spiro atoms. The summed E-state index contributed by atoms with van der Waals surface area (Å²) in [6, 6.07) is 10.6. The van der Waals surface area contributed by atoms with Crippen molar-refractivity contribution >= 4 is 0 Å². The Morgan fingerprint density at radius 3 is 2.35 bits per heavy atom. The van der Waals surface area contributed by atoms with E-state index < -0.39 is 11.9 Å². The molecule has 3 heteroatoms. The van der Waals surface area contributed by atoms with Gasteiger partial charge in [0.1, 0.15) is 18.2 Å². The zero-order valence-corrected chi connectivity index (χ0v) is 12.0. The van der Waals surface area contributed by atoms with Crippen molar-refractivity contribution in [3.8, 4) is 5.75 Å². The summed E-state index contributed by atoms with van der Waals surface area (Å²) in [7, 11) is 0. The average Bonchev–Trinajstić information content (AvgIpc) is 2.37. The number of hydrogen-bond acceptors (Lipinski definition) is 2. The van der Waals surface area contributed by atoms with Crippen LogP contribution in [-0.2, 0) is 6.61 Å². The number of rotatable bonds is 4. The predicted octanol–water partition coefficient (Wildman–Crippen LogP) is 4.07. The lowest BCUT2D eigenvalue weighted by molar-refractivity contribution is 0.194.